The molecule has 0 aliphatic heterocycles. The van der Waals surface area contributed by atoms with E-state index in [9.17, 15) is 9.90 Å². The first kappa shape index (κ1) is 12.2. The van der Waals surface area contributed by atoms with Crippen LogP contribution in [0.1, 0.15) is 27.6 Å². The monoisotopic (exact) mass is 246 g/mol. The molecule has 2 aromatic heterocycles. The van der Waals surface area contributed by atoms with Crippen molar-refractivity contribution < 1.29 is 9.90 Å². The molecule has 94 valence electrons. The van der Waals surface area contributed by atoms with Gasteiger partial charge in [0.2, 0.25) is 0 Å². The van der Waals surface area contributed by atoms with Gasteiger partial charge in [-0.25, -0.2) is 14.8 Å². The summed E-state index contributed by atoms with van der Waals surface area (Å²) in [5, 5.41) is 13.2. The van der Waals surface area contributed by atoms with Gasteiger partial charge in [0.25, 0.3) is 0 Å². The molecule has 0 aliphatic rings. The molecule has 18 heavy (non-hydrogen) atoms. The van der Waals surface area contributed by atoms with Crippen molar-refractivity contribution in [2.24, 2.45) is 7.05 Å². The van der Waals surface area contributed by atoms with Crippen molar-refractivity contribution in [2.45, 2.75) is 20.8 Å². The van der Waals surface area contributed by atoms with E-state index >= 15 is 0 Å². The van der Waals surface area contributed by atoms with Crippen LogP contribution in [0.2, 0.25) is 0 Å². The summed E-state index contributed by atoms with van der Waals surface area (Å²) in [6, 6.07) is 0. The molecule has 0 aromatic carbocycles. The zero-order chi connectivity index (χ0) is 13.4. The summed E-state index contributed by atoms with van der Waals surface area (Å²) in [4.78, 5) is 19.8. The third-order valence-corrected chi connectivity index (χ3v) is 2.90. The van der Waals surface area contributed by atoms with Gasteiger partial charge in [-0.1, -0.05) is 0 Å². The summed E-state index contributed by atoms with van der Waals surface area (Å²) in [7, 11) is 1.60. The Morgan fingerprint density at radius 3 is 2.56 bits per heavy atom. The summed E-state index contributed by atoms with van der Waals surface area (Å²) in [5.41, 5.74) is 3.01. The number of aryl methyl sites for hydroxylation is 3. The second-order valence-electron chi connectivity index (χ2n) is 4.17. The maximum Gasteiger partial charge on any atom is 0.354 e. The van der Waals surface area contributed by atoms with Gasteiger partial charge < -0.3 is 5.11 Å². The number of carboxylic acids is 1. The van der Waals surface area contributed by atoms with E-state index in [0.717, 1.165) is 11.3 Å². The molecule has 2 aromatic rings. The van der Waals surface area contributed by atoms with Crippen LogP contribution in [0, 0.1) is 20.8 Å². The Labute approximate surface area is 104 Å². The standard InChI is InChI=1S/C12H14N4O2/c1-6-7(2)14-8(3)15-10(6)9-5-13-16(4)11(9)12(17)18/h5H,1-4H3,(H,17,18). The average Bonchev–Trinajstić information content (AvgIpc) is 2.65. The molecular weight excluding hydrogens is 232 g/mol. The van der Waals surface area contributed by atoms with Crippen LogP contribution in [0.4, 0.5) is 0 Å². The Morgan fingerprint density at radius 2 is 1.94 bits per heavy atom. The van der Waals surface area contributed by atoms with E-state index in [-0.39, 0.29) is 5.69 Å². The minimum absolute atomic E-state index is 0.135. The number of carbonyl (C=O) groups is 1. The smallest absolute Gasteiger partial charge is 0.354 e. The third kappa shape index (κ3) is 1.85. The predicted octanol–water partition coefficient (Wildman–Crippen LogP) is 1.50. The first-order chi connectivity index (χ1) is 8.41. The van der Waals surface area contributed by atoms with Crippen molar-refractivity contribution in [1.29, 1.82) is 0 Å². The second kappa shape index (κ2) is 4.21. The fourth-order valence-electron chi connectivity index (χ4n) is 1.90. The molecule has 0 bridgehead atoms. The first-order valence-electron chi connectivity index (χ1n) is 5.49. The largest absolute Gasteiger partial charge is 0.477 e. The van der Waals surface area contributed by atoms with E-state index in [1.165, 1.54) is 10.9 Å². The maximum absolute atomic E-state index is 11.3. The number of nitrogens with zero attached hydrogens (tertiary/aromatic N) is 4. The van der Waals surface area contributed by atoms with E-state index in [4.69, 9.17) is 0 Å². The summed E-state index contributed by atoms with van der Waals surface area (Å²) < 4.78 is 1.34. The van der Waals surface area contributed by atoms with Crippen LogP contribution in [0.3, 0.4) is 0 Å². The van der Waals surface area contributed by atoms with E-state index in [1.54, 1.807) is 14.0 Å². The number of rotatable bonds is 2. The molecule has 0 aliphatic carbocycles. The summed E-state index contributed by atoms with van der Waals surface area (Å²) >= 11 is 0. The van der Waals surface area contributed by atoms with Crippen LogP contribution in [0.15, 0.2) is 6.20 Å². The van der Waals surface area contributed by atoms with Gasteiger partial charge in [0, 0.05) is 12.7 Å². The number of hydrogen-bond acceptors (Lipinski definition) is 4. The highest BCUT2D eigenvalue weighted by molar-refractivity contribution is 5.93. The average molecular weight is 246 g/mol. The minimum atomic E-state index is -1.02. The molecule has 0 radical (unpaired) electrons. The van der Waals surface area contributed by atoms with Gasteiger partial charge in [-0.05, 0) is 26.3 Å². The van der Waals surface area contributed by atoms with E-state index < -0.39 is 5.97 Å². The number of hydrogen-bond donors (Lipinski definition) is 1. The SMILES string of the molecule is Cc1nc(C)c(C)c(-c2cnn(C)c2C(=O)O)n1. The Balaban J connectivity index is 2.74. The van der Waals surface area contributed by atoms with Gasteiger partial charge in [-0.3, -0.25) is 4.68 Å². The van der Waals surface area contributed by atoms with Crippen LogP contribution in [-0.2, 0) is 7.05 Å². The van der Waals surface area contributed by atoms with Crippen molar-refractivity contribution in [3.8, 4) is 11.3 Å². The molecule has 6 nitrogen and oxygen atoms in total. The van der Waals surface area contributed by atoms with Crippen molar-refractivity contribution in [3.63, 3.8) is 0 Å². The fourth-order valence-corrected chi connectivity index (χ4v) is 1.90. The van der Waals surface area contributed by atoms with E-state index in [0.29, 0.717) is 17.1 Å². The van der Waals surface area contributed by atoms with Gasteiger partial charge in [0.15, 0.2) is 5.69 Å². The lowest BCUT2D eigenvalue weighted by atomic mass is 10.1. The van der Waals surface area contributed by atoms with Gasteiger partial charge >= 0.3 is 5.97 Å². The Kier molecular flexibility index (Phi) is 2.86. The lowest BCUT2D eigenvalue weighted by molar-refractivity contribution is 0.0686. The van der Waals surface area contributed by atoms with Crippen LogP contribution in [0.25, 0.3) is 11.3 Å². The molecule has 0 fully saturated rings. The van der Waals surface area contributed by atoms with E-state index in [1.807, 2.05) is 13.8 Å². The quantitative estimate of drug-likeness (QED) is 0.868. The molecule has 0 saturated heterocycles. The molecule has 0 spiro atoms. The van der Waals surface area contributed by atoms with Crippen molar-refractivity contribution >= 4 is 5.97 Å². The zero-order valence-electron chi connectivity index (χ0n) is 10.7. The summed E-state index contributed by atoms with van der Waals surface area (Å²) in [6.07, 6.45) is 1.53. The number of aromatic carboxylic acids is 1. The van der Waals surface area contributed by atoms with Crippen molar-refractivity contribution in [3.05, 3.63) is 29.0 Å². The highest BCUT2D eigenvalue weighted by Gasteiger charge is 2.20. The third-order valence-electron chi connectivity index (χ3n) is 2.90. The molecule has 0 saturated carbocycles. The molecule has 2 rings (SSSR count). The highest BCUT2D eigenvalue weighted by atomic mass is 16.4. The molecule has 0 amide bonds. The van der Waals surface area contributed by atoms with Crippen LogP contribution in [-0.4, -0.2) is 30.8 Å². The Morgan fingerprint density at radius 1 is 1.28 bits per heavy atom. The molecule has 6 heteroatoms. The number of carboxylic acid groups (broad SMARTS) is 1. The lowest BCUT2D eigenvalue weighted by Gasteiger charge is -2.08. The van der Waals surface area contributed by atoms with Crippen molar-refractivity contribution in [2.75, 3.05) is 0 Å². The summed E-state index contributed by atoms with van der Waals surface area (Å²) in [6.45, 7) is 5.54. The highest BCUT2D eigenvalue weighted by Crippen LogP contribution is 2.25. The Bertz CT molecular complexity index is 631. The maximum atomic E-state index is 11.3. The zero-order valence-corrected chi connectivity index (χ0v) is 10.7. The molecule has 1 N–H and O–H groups in total. The molecule has 0 unspecified atom stereocenters. The lowest BCUT2D eigenvalue weighted by Crippen LogP contribution is -2.08. The van der Waals surface area contributed by atoms with Crippen LogP contribution >= 0.6 is 0 Å². The van der Waals surface area contributed by atoms with Gasteiger partial charge in [0.1, 0.15) is 5.82 Å². The fraction of sp³-hybridized carbons (Fsp3) is 0.333. The predicted molar refractivity (Wildman–Crippen MR) is 65.4 cm³/mol. The first-order valence-corrected chi connectivity index (χ1v) is 5.49. The molecule has 0 atom stereocenters. The minimum Gasteiger partial charge on any atom is -0.477 e. The van der Waals surface area contributed by atoms with Gasteiger partial charge in [0.05, 0.1) is 17.5 Å². The Hall–Kier alpha value is -2.24. The number of aromatic nitrogens is 4. The van der Waals surface area contributed by atoms with Gasteiger partial charge in [-0.15, -0.1) is 0 Å². The van der Waals surface area contributed by atoms with Crippen molar-refractivity contribution in [1.82, 2.24) is 19.7 Å². The molecule has 2 heterocycles. The van der Waals surface area contributed by atoms with E-state index in [2.05, 4.69) is 15.1 Å². The van der Waals surface area contributed by atoms with Crippen LogP contribution < -0.4 is 0 Å². The second-order valence-corrected chi connectivity index (χ2v) is 4.17. The topological polar surface area (TPSA) is 80.9 Å². The van der Waals surface area contributed by atoms with Crippen LogP contribution in [0.5, 0.6) is 0 Å². The normalized spacial score (nSPS) is 10.7. The molecular formula is C12H14N4O2. The summed E-state index contributed by atoms with van der Waals surface area (Å²) in [5.74, 6) is -0.397. The van der Waals surface area contributed by atoms with Gasteiger partial charge in [-0.2, -0.15) is 5.10 Å².